The summed E-state index contributed by atoms with van der Waals surface area (Å²) < 4.78 is 3.17. The summed E-state index contributed by atoms with van der Waals surface area (Å²) in [6.07, 6.45) is 0.927. The molecule has 2 aromatic heterocycles. The van der Waals surface area contributed by atoms with Crippen LogP contribution < -0.4 is 5.32 Å². The molecule has 6 heteroatoms. The van der Waals surface area contributed by atoms with Crippen molar-refractivity contribution in [2.24, 2.45) is 0 Å². The van der Waals surface area contributed by atoms with Crippen LogP contribution in [0.25, 0.3) is 26.6 Å². The molecular weight excluding hydrogens is 332 g/mol. The number of nitrogens with zero attached hydrogens (tertiary/aromatic N) is 3. The minimum Gasteiger partial charge on any atom is -0.508 e. The van der Waals surface area contributed by atoms with Crippen molar-refractivity contribution in [1.82, 2.24) is 20.1 Å². The Hall–Kier alpha value is -2.70. The van der Waals surface area contributed by atoms with E-state index in [2.05, 4.69) is 11.4 Å². The first-order valence-corrected chi connectivity index (χ1v) is 9.08. The molecular formula is C19H16N4OS. The molecule has 25 heavy (non-hydrogen) atoms. The maximum Gasteiger partial charge on any atom is 0.211 e. The van der Waals surface area contributed by atoms with Crippen molar-refractivity contribution in [3.05, 3.63) is 59.8 Å². The van der Waals surface area contributed by atoms with Crippen molar-refractivity contribution in [3.8, 4) is 22.1 Å². The van der Waals surface area contributed by atoms with Crippen molar-refractivity contribution in [1.29, 1.82) is 0 Å². The molecule has 0 atom stereocenters. The second-order valence-corrected chi connectivity index (χ2v) is 7.13. The van der Waals surface area contributed by atoms with E-state index in [-0.39, 0.29) is 5.75 Å². The van der Waals surface area contributed by atoms with E-state index in [4.69, 9.17) is 10.1 Å². The van der Waals surface area contributed by atoms with Crippen molar-refractivity contribution in [2.75, 3.05) is 6.54 Å². The largest absolute Gasteiger partial charge is 0.508 e. The lowest BCUT2D eigenvalue weighted by Gasteiger charge is -2.14. The van der Waals surface area contributed by atoms with Crippen LogP contribution in [0.5, 0.6) is 5.75 Å². The predicted octanol–water partition coefficient (Wildman–Crippen LogP) is 3.50. The highest BCUT2D eigenvalue weighted by Gasteiger charge is 2.23. The quantitative estimate of drug-likeness (QED) is 0.582. The van der Waals surface area contributed by atoms with Crippen LogP contribution in [-0.2, 0) is 13.0 Å². The molecule has 0 amide bonds. The third-order valence-electron chi connectivity index (χ3n) is 4.53. The van der Waals surface area contributed by atoms with Gasteiger partial charge < -0.3 is 10.4 Å². The molecule has 3 heterocycles. The number of hydrogen-bond acceptors (Lipinski definition) is 5. The number of thiazole rings is 1. The van der Waals surface area contributed by atoms with Gasteiger partial charge in [-0.3, -0.25) is 0 Å². The summed E-state index contributed by atoms with van der Waals surface area (Å²) in [5, 5.41) is 18.8. The first-order valence-electron chi connectivity index (χ1n) is 8.26. The highest BCUT2D eigenvalue weighted by molar-refractivity contribution is 7.20. The summed E-state index contributed by atoms with van der Waals surface area (Å²) in [7, 11) is 0. The molecule has 0 saturated heterocycles. The molecule has 0 bridgehead atoms. The normalized spacial score (nSPS) is 13.9. The summed E-state index contributed by atoms with van der Waals surface area (Å²) >= 11 is 1.66. The molecule has 1 aliphatic rings. The molecule has 0 spiro atoms. The minimum atomic E-state index is 0.265. The average Bonchev–Trinajstić information content (AvgIpc) is 3.24. The number of hydrogen-bond donors (Lipinski definition) is 2. The summed E-state index contributed by atoms with van der Waals surface area (Å²) in [5.74, 6) is 0.265. The van der Waals surface area contributed by atoms with E-state index in [9.17, 15) is 5.11 Å². The lowest BCUT2D eigenvalue weighted by Crippen LogP contribution is -2.24. The molecule has 0 fully saturated rings. The van der Waals surface area contributed by atoms with Crippen LogP contribution in [0.3, 0.4) is 0 Å². The van der Waals surface area contributed by atoms with Crippen molar-refractivity contribution >= 4 is 21.6 Å². The number of aromatic hydroxyl groups is 1. The third-order valence-corrected chi connectivity index (χ3v) is 5.55. The first-order chi connectivity index (χ1) is 12.3. The number of aromatic nitrogens is 3. The Balaban J connectivity index is 1.70. The number of rotatable bonds is 2. The van der Waals surface area contributed by atoms with Gasteiger partial charge in [0.1, 0.15) is 5.75 Å². The average molecular weight is 348 g/mol. The van der Waals surface area contributed by atoms with Gasteiger partial charge in [0.15, 0.2) is 0 Å². The smallest absolute Gasteiger partial charge is 0.211 e. The fraction of sp³-hybridized carbons (Fsp3) is 0.158. The third kappa shape index (κ3) is 2.42. The van der Waals surface area contributed by atoms with Gasteiger partial charge in [0.05, 0.1) is 21.6 Å². The summed E-state index contributed by atoms with van der Waals surface area (Å²) in [5.41, 5.74) is 5.42. The fourth-order valence-corrected chi connectivity index (χ4v) is 4.25. The van der Waals surface area contributed by atoms with Gasteiger partial charge in [-0.15, -0.1) is 0 Å². The highest BCUT2D eigenvalue weighted by atomic mass is 32.1. The lowest BCUT2D eigenvalue weighted by molar-refractivity contribution is 0.475. The maximum absolute atomic E-state index is 9.56. The van der Waals surface area contributed by atoms with Crippen LogP contribution in [0.2, 0.25) is 0 Å². The van der Waals surface area contributed by atoms with E-state index >= 15 is 0 Å². The van der Waals surface area contributed by atoms with Crippen LogP contribution in [0.15, 0.2) is 48.5 Å². The number of phenols is 1. The molecule has 124 valence electrons. The Morgan fingerprint density at radius 3 is 2.76 bits per heavy atom. The number of benzene rings is 2. The Morgan fingerprint density at radius 1 is 1.08 bits per heavy atom. The van der Waals surface area contributed by atoms with Gasteiger partial charge in [0, 0.05) is 30.6 Å². The van der Waals surface area contributed by atoms with E-state index in [0.29, 0.717) is 0 Å². The minimum absolute atomic E-state index is 0.265. The zero-order chi connectivity index (χ0) is 16.8. The number of fused-ring (bicyclic) bond motifs is 2. The first kappa shape index (κ1) is 14.6. The molecule has 2 N–H and O–H groups in total. The molecule has 5 rings (SSSR count). The van der Waals surface area contributed by atoms with Crippen molar-refractivity contribution < 1.29 is 5.11 Å². The maximum atomic E-state index is 9.56. The van der Waals surface area contributed by atoms with E-state index in [1.54, 1.807) is 23.5 Å². The SMILES string of the molecule is Oc1ccc(-c2nn(-c3nc4ccccc4s3)c3c2CNCC3)cc1. The van der Waals surface area contributed by atoms with Gasteiger partial charge >= 0.3 is 0 Å². The van der Waals surface area contributed by atoms with Crippen LogP contribution >= 0.6 is 11.3 Å². The molecule has 0 unspecified atom stereocenters. The molecule has 4 aromatic rings. The van der Waals surface area contributed by atoms with E-state index < -0.39 is 0 Å². The highest BCUT2D eigenvalue weighted by Crippen LogP contribution is 2.32. The molecule has 0 saturated carbocycles. The summed E-state index contributed by atoms with van der Waals surface area (Å²) in [6, 6.07) is 15.4. The molecule has 1 aliphatic heterocycles. The van der Waals surface area contributed by atoms with Gasteiger partial charge in [-0.25, -0.2) is 9.67 Å². The topological polar surface area (TPSA) is 63.0 Å². The Morgan fingerprint density at radius 2 is 1.92 bits per heavy atom. The van der Waals surface area contributed by atoms with Crippen LogP contribution in [0.4, 0.5) is 0 Å². The standard InChI is InChI=1S/C19H16N4OS/c24-13-7-5-12(6-8-13)18-14-11-20-10-9-16(14)23(22-18)19-21-15-3-1-2-4-17(15)25-19/h1-8,20,24H,9-11H2. The lowest BCUT2D eigenvalue weighted by atomic mass is 10.0. The molecule has 2 aromatic carbocycles. The van der Waals surface area contributed by atoms with Gasteiger partial charge in [0.25, 0.3) is 0 Å². The van der Waals surface area contributed by atoms with Crippen LogP contribution in [0, 0.1) is 0 Å². The van der Waals surface area contributed by atoms with Crippen LogP contribution in [-0.4, -0.2) is 26.4 Å². The van der Waals surface area contributed by atoms with Gasteiger partial charge in [-0.1, -0.05) is 23.5 Å². The Bertz CT molecular complexity index is 1030. The summed E-state index contributed by atoms with van der Waals surface area (Å²) in [6.45, 7) is 1.75. The van der Waals surface area contributed by atoms with Crippen molar-refractivity contribution in [3.63, 3.8) is 0 Å². The second-order valence-electron chi connectivity index (χ2n) is 6.12. The Kier molecular flexibility index (Phi) is 3.33. The fourth-order valence-electron chi connectivity index (χ4n) is 3.31. The number of para-hydroxylation sites is 1. The number of phenolic OH excluding ortho intramolecular Hbond substituents is 1. The molecule has 5 nitrogen and oxygen atoms in total. The Labute approximate surface area is 148 Å². The predicted molar refractivity (Wildman–Crippen MR) is 99.3 cm³/mol. The van der Waals surface area contributed by atoms with Crippen molar-refractivity contribution in [2.45, 2.75) is 13.0 Å². The zero-order valence-electron chi connectivity index (χ0n) is 13.4. The molecule has 0 aliphatic carbocycles. The van der Waals surface area contributed by atoms with Gasteiger partial charge in [-0.2, -0.15) is 5.10 Å². The van der Waals surface area contributed by atoms with Gasteiger partial charge in [0.2, 0.25) is 5.13 Å². The monoisotopic (exact) mass is 348 g/mol. The van der Waals surface area contributed by atoms with Crippen LogP contribution in [0.1, 0.15) is 11.3 Å². The van der Waals surface area contributed by atoms with E-state index in [1.165, 1.54) is 16.0 Å². The van der Waals surface area contributed by atoms with Gasteiger partial charge in [-0.05, 0) is 36.4 Å². The molecule has 0 radical (unpaired) electrons. The zero-order valence-corrected chi connectivity index (χ0v) is 14.3. The van der Waals surface area contributed by atoms with E-state index in [1.807, 2.05) is 35.0 Å². The summed E-state index contributed by atoms with van der Waals surface area (Å²) in [4.78, 5) is 4.77. The second kappa shape index (κ2) is 5.68. The number of nitrogens with one attached hydrogen (secondary N) is 1. The van der Waals surface area contributed by atoms with E-state index in [0.717, 1.165) is 41.4 Å².